The van der Waals surface area contributed by atoms with E-state index >= 15 is 0 Å². The smallest absolute Gasteiger partial charge is 0.410 e. The van der Waals surface area contributed by atoms with Crippen LogP contribution >= 0.6 is 0 Å². The molecule has 1 heterocycles. The molecule has 5 nitrogen and oxygen atoms in total. The first kappa shape index (κ1) is 11.8. The lowest BCUT2D eigenvalue weighted by Gasteiger charge is -2.25. The van der Waals surface area contributed by atoms with E-state index < -0.39 is 5.60 Å². The molecule has 15 heavy (non-hydrogen) atoms. The SMILES string of the molecule is CC(C)(C)OC(=O)N1CC[N]C(=O)CC1. The molecule has 0 aromatic rings. The summed E-state index contributed by atoms with van der Waals surface area (Å²) >= 11 is 0. The molecule has 2 amide bonds. The van der Waals surface area contributed by atoms with Crippen LogP contribution in [0, 0.1) is 0 Å². The van der Waals surface area contributed by atoms with E-state index in [1.165, 1.54) is 4.90 Å². The van der Waals surface area contributed by atoms with Gasteiger partial charge in [0.2, 0.25) is 5.91 Å². The molecule has 0 aromatic carbocycles. The number of carbonyl (C=O) groups excluding carboxylic acids is 2. The highest BCUT2D eigenvalue weighted by molar-refractivity contribution is 5.77. The molecule has 1 rings (SSSR count). The molecule has 0 unspecified atom stereocenters. The van der Waals surface area contributed by atoms with E-state index in [9.17, 15) is 9.59 Å². The summed E-state index contributed by atoms with van der Waals surface area (Å²) in [6.07, 6.45) is -0.0772. The Morgan fingerprint density at radius 3 is 2.67 bits per heavy atom. The van der Waals surface area contributed by atoms with Gasteiger partial charge in [-0.05, 0) is 20.8 Å². The van der Waals surface area contributed by atoms with Crippen LogP contribution in [-0.2, 0) is 9.53 Å². The number of rotatable bonds is 0. The van der Waals surface area contributed by atoms with E-state index in [2.05, 4.69) is 5.32 Å². The molecule has 1 fully saturated rings. The first-order valence-electron chi connectivity index (χ1n) is 5.07. The molecule has 0 N–H and O–H groups in total. The zero-order valence-corrected chi connectivity index (χ0v) is 9.45. The van der Waals surface area contributed by atoms with Gasteiger partial charge in [0.1, 0.15) is 5.60 Å². The van der Waals surface area contributed by atoms with Crippen LogP contribution < -0.4 is 5.32 Å². The maximum absolute atomic E-state index is 11.6. The van der Waals surface area contributed by atoms with Gasteiger partial charge in [0.05, 0.1) is 6.54 Å². The predicted octanol–water partition coefficient (Wildman–Crippen LogP) is 0.758. The van der Waals surface area contributed by atoms with Gasteiger partial charge in [-0.15, -0.1) is 0 Å². The van der Waals surface area contributed by atoms with Gasteiger partial charge < -0.3 is 9.64 Å². The van der Waals surface area contributed by atoms with Crippen LogP contribution in [-0.4, -0.2) is 42.1 Å². The number of ether oxygens (including phenoxy) is 1. The van der Waals surface area contributed by atoms with Crippen LogP contribution in [0.25, 0.3) is 0 Å². The van der Waals surface area contributed by atoms with Crippen molar-refractivity contribution < 1.29 is 14.3 Å². The molecule has 0 spiro atoms. The van der Waals surface area contributed by atoms with Crippen molar-refractivity contribution in [1.29, 1.82) is 0 Å². The third kappa shape index (κ3) is 4.18. The molecule has 0 aliphatic carbocycles. The molecule has 1 radical (unpaired) electrons. The van der Waals surface area contributed by atoms with Crippen molar-refractivity contribution in [3.8, 4) is 0 Å². The molecule has 0 aromatic heterocycles. The Morgan fingerprint density at radius 2 is 2.07 bits per heavy atom. The summed E-state index contributed by atoms with van der Waals surface area (Å²) in [6.45, 7) is 6.69. The summed E-state index contributed by atoms with van der Waals surface area (Å²) in [5.41, 5.74) is -0.495. The number of hydrogen-bond acceptors (Lipinski definition) is 3. The molecular weight excluding hydrogens is 196 g/mol. The molecule has 1 aliphatic heterocycles. The molecule has 0 saturated carbocycles. The summed E-state index contributed by atoms with van der Waals surface area (Å²) in [5, 5.41) is 3.76. The van der Waals surface area contributed by atoms with Crippen LogP contribution in [0.1, 0.15) is 27.2 Å². The van der Waals surface area contributed by atoms with E-state index in [0.29, 0.717) is 26.1 Å². The Kier molecular flexibility index (Phi) is 3.55. The van der Waals surface area contributed by atoms with E-state index in [4.69, 9.17) is 4.74 Å². The van der Waals surface area contributed by atoms with E-state index in [1.54, 1.807) is 0 Å². The fourth-order valence-electron chi connectivity index (χ4n) is 1.23. The second kappa shape index (κ2) is 4.51. The lowest BCUT2D eigenvalue weighted by Crippen LogP contribution is -2.38. The van der Waals surface area contributed by atoms with Gasteiger partial charge in [-0.1, -0.05) is 0 Å². The van der Waals surface area contributed by atoms with E-state index in [-0.39, 0.29) is 12.0 Å². The maximum Gasteiger partial charge on any atom is 0.410 e. The van der Waals surface area contributed by atoms with Crippen LogP contribution in [0.4, 0.5) is 4.79 Å². The van der Waals surface area contributed by atoms with Crippen molar-refractivity contribution in [2.75, 3.05) is 19.6 Å². The molecular formula is C10H17N2O3. The maximum atomic E-state index is 11.6. The monoisotopic (exact) mass is 213 g/mol. The Morgan fingerprint density at radius 1 is 1.40 bits per heavy atom. The Bertz CT molecular complexity index is 258. The van der Waals surface area contributed by atoms with Gasteiger partial charge in [0.25, 0.3) is 0 Å². The fraction of sp³-hybridized carbons (Fsp3) is 0.800. The highest BCUT2D eigenvalue weighted by Crippen LogP contribution is 2.10. The van der Waals surface area contributed by atoms with Crippen molar-refractivity contribution in [3.63, 3.8) is 0 Å². The highest BCUT2D eigenvalue weighted by atomic mass is 16.6. The minimum absolute atomic E-state index is 0.138. The second-order valence-corrected chi connectivity index (χ2v) is 4.49. The molecule has 1 saturated heterocycles. The lowest BCUT2D eigenvalue weighted by atomic mass is 10.2. The van der Waals surface area contributed by atoms with Crippen LogP contribution in [0.2, 0.25) is 0 Å². The summed E-state index contributed by atoms with van der Waals surface area (Å²) in [6, 6.07) is 0. The van der Waals surface area contributed by atoms with Gasteiger partial charge in [-0.3, -0.25) is 4.79 Å². The molecule has 85 valence electrons. The van der Waals surface area contributed by atoms with E-state index in [0.717, 1.165) is 0 Å². The third-order valence-electron chi connectivity index (χ3n) is 1.91. The fourth-order valence-corrected chi connectivity index (χ4v) is 1.23. The predicted molar refractivity (Wildman–Crippen MR) is 54.4 cm³/mol. The van der Waals surface area contributed by atoms with Gasteiger partial charge in [-0.25, -0.2) is 10.1 Å². The number of carbonyl (C=O) groups is 2. The van der Waals surface area contributed by atoms with Crippen LogP contribution in [0.3, 0.4) is 0 Å². The lowest BCUT2D eigenvalue weighted by molar-refractivity contribution is -0.120. The van der Waals surface area contributed by atoms with Crippen molar-refractivity contribution in [2.24, 2.45) is 0 Å². The zero-order valence-electron chi connectivity index (χ0n) is 9.45. The minimum Gasteiger partial charge on any atom is -0.444 e. The van der Waals surface area contributed by atoms with Crippen molar-refractivity contribution >= 4 is 12.0 Å². The topological polar surface area (TPSA) is 60.7 Å². The second-order valence-electron chi connectivity index (χ2n) is 4.49. The first-order chi connectivity index (χ1) is 6.88. The van der Waals surface area contributed by atoms with Gasteiger partial charge in [0, 0.05) is 19.5 Å². The number of hydrogen-bond donors (Lipinski definition) is 0. The minimum atomic E-state index is -0.495. The average molecular weight is 213 g/mol. The summed E-state index contributed by atoms with van der Waals surface area (Å²) in [4.78, 5) is 24.1. The zero-order chi connectivity index (χ0) is 11.5. The van der Waals surface area contributed by atoms with E-state index in [1.807, 2.05) is 20.8 Å². The quantitative estimate of drug-likeness (QED) is 0.596. The third-order valence-corrected chi connectivity index (χ3v) is 1.91. The Balaban J connectivity index is 2.49. The Hall–Kier alpha value is -1.26. The Labute approximate surface area is 89.8 Å². The molecule has 5 heteroatoms. The van der Waals surface area contributed by atoms with Crippen molar-refractivity contribution in [1.82, 2.24) is 10.2 Å². The van der Waals surface area contributed by atoms with Gasteiger partial charge in [0.15, 0.2) is 0 Å². The average Bonchev–Trinajstić information content (AvgIpc) is 2.26. The van der Waals surface area contributed by atoms with Gasteiger partial charge >= 0.3 is 6.09 Å². The summed E-state index contributed by atoms with van der Waals surface area (Å²) in [5.74, 6) is -0.138. The molecule has 0 bridgehead atoms. The summed E-state index contributed by atoms with van der Waals surface area (Å²) in [7, 11) is 0. The van der Waals surface area contributed by atoms with Crippen LogP contribution in [0.15, 0.2) is 0 Å². The molecule has 0 atom stereocenters. The largest absolute Gasteiger partial charge is 0.444 e. The first-order valence-corrected chi connectivity index (χ1v) is 5.07. The normalized spacial score (nSPS) is 18.1. The molecule has 1 aliphatic rings. The standard InChI is InChI=1S/C10H17N2O3/c1-10(2,3)15-9(14)12-6-4-8(13)11-5-7-12/h4-7H2,1-3H3. The van der Waals surface area contributed by atoms with Crippen LogP contribution in [0.5, 0.6) is 0 Å². The summed E-state index contributed by atoms with van der Waals surface area (Å²) < 4.78 is 5.20. The number of nitrogens with zero attached hydrogens (tertiary/aromatic N) is 2. The van der Waals surface area contributed by atoms with Crippen molar-refractivity contribution in [2.45, 2.75) is 32.8 Å². The number of amides is 2. The van der Waals surface area contributed by atoms with Crippen molar-refractivity contribution in [3.05, 3.63) is 0 Å². The van der Waals surface area contributed by atoms with Gasteiger partial charge in [-0.2, -0.15) is 0 Å². The highest BCUT2D eigenvalue weighted by Gasteiger charge is 2.24.